The van der Waals surface area contributed by atoms with Gasteiger partial charge in [-0.25, -0.2) is 4.79 Å². The molecule has 31 heavy (non-hydrogen) atoms. The lowest BCUT2D eigenvalue weighted by molar-refractivity contribution is -0.116. The number of carbonyl (C=O) groups excluding carboxylic acids is 2. The SMILES string of the molecule is CCOC(=O)c1c(NC(=O)CCCOc2ccc(Cl)cc2C)sc2c1CCCCCC2. The summed E-state index contributed by atoms with van der Waals surface area (Å²) >= 11 is 7.50. The van der Waals surface area contributed by atoms with E-state index in [2.05, 4.69) is 5.32 Å². The molecule has 0 atom stereocenters. The van der Waals surface area contributed by atoms with Gasteiger partial charge in [0.1, 0.15) is 10.8 Å². The molecule has 5 nitrogen and oxygen atoms in total. The van der Waals surface area contributed by atoms with Gasteiger partial charge in [-0.15, -0.1) is 11.3 Å². The van der Waals surface area contributed by atoms with Crippen LogP contribution >= 0.6 is 22.9 Å². The molecule has 0 radical (unpaired) electrons. The molecule has 1 heterocycles. The molecule has 0 aliphatic heterocycles. The Balaban J connectivity index is 1.61. The van der Waals surface area contributed by atoms with E-state index in [-0.39, 0.29) is 11.9 Å². The number of aryl methyl sites for hydroxylation is 2. The van der Waals surface area contributed by atoms with Gasteiger partial charge in [0.2, 0.25) is 5.91 Å². The van der Waals surface area contributed by atoms with Gasteiger partial charge in [-0.2, -0.15) is 0 Å². The van der Waals surface area contributed by atoms with E-state index < -0.39 is 0 Å². The Morgan fingerprint density at radius 1 is 1.16 bits per heavy atom. The van der Waals surface area contributed by atoms with E-state index in [1.165, 1.54) is 29.1 Å². The predicted octanol–water partition coefficient (Wildman–Crippen LogP) is 6.34. The molecule has 1 aliphatic rings. The molecule has 0 spiro atoms. The van der Waals surface area contributed by atoms with Crippen molar-refractivity contribution in [3.8, 4) is 5.75 Å². The second-order valence-electron chi connectivity index (χ2n) is 7.75. The van der Waals surface area contributed by atoms with Crippen LogP contribution in [-0.2, 0) is 22.4 Å². The van der Waals surface area contributed by atoms with Gasteiger partial charge in [-0.05, 0) is 75.3 Å². The molecule has 0 bridgehead atoms. The third-order valence-corrected chi connectivity index (χ3v) is 6.79. The van der Waals surface area contributed by atoms with Gasteiger partial charge >= 0.3 is 5.97 Å². The van der Waals surface area contributed by atoms with Gasteiger partial charge in [-0.1, -0.05) is 24.4 Å². The molecular formula is C24H30ClNO4S. The lowest BCUT2D eigenvalue weighted by atomic mass is 9.96. The fourth-order valence-electron chi connectivity index (χ4n) is 3.81. The van der Waals surface area contributed by atoms with Crippen LogP contribution in [0, 0.1) is 6.92 Å². The first-order valence-electron chi connectivity index (χ1n) is 11.0. The van der Waals surface area contributed by atoms with E-state index in [1.54, 1.807) is 13.0 Å². The van der Waals surface area contributed by atoms with Crippen molar-refractivity contribution in [2.45, 2.75) is 65.2 Å². The van der Waals surface area contributed by atoms with Crippen molar-refractivity contribution in [3.05, 3.63) is 44.8 Å². The number of fused-ring (bicyclic) bond motifs is 1. The Labute approximate surface area is 193 Å². The molecule has 168 valence electrons. The van der Waals surface area contributed by atoms with Gasteiger partial charge in [0.15, 0.2) is 0 Å². The molecular weight excluding hydrogens is 434 g/mol. The number of esters is 1. The number of thiophene rings is 1. The van der Waals surface area contributed by atoms with Crippen molar-refractivity contribution in [2.75, 3.05) is 18.5 Å². The van der Waals surface area contributed by atoms with Crippen LogP contribution in [0.3, 0.4) is 0 Å². The van der Waals surface area contributed by atoms with Crippen LogP contribution in [0.25, 0.3) is 0 Å². The molecule has 7 heteroatoms. The number of nitrogens with one attached hydrogen (secondary N) is 1. The molecule has 0 saturated heterocycles. The maximum atomic E-state index is 12.7. The molecule has 2 aromatic rings. The van der Waals surface area contributed by atoms with Crippen molar-refractivity contribution in [1.82, 2.24) is 0 Å². The third kappa shape index (κ3) is 6.47. The molecule has 0 fully saturated rings. The zero-order valence-corrected chi connectivity index (χ0v) is 19.8. The van der Waals surface area contributed by atoms with Crippen molar-refractivity contribution < 1.29 is 19.1 Å². The van der Waals surface area contributed by atoms with Gasteiger partial charge in [0.25, 0.3) is 0 Å². The molecule has 3 rings (SSSR count). The summed E-state index contributed by atoms with van der Waals surface area (Å²) in [5, 5.41) is 4.27. The van der Waals surface area contributed by atoms with Gasteiger partial charge in [0, 0.05) is 16.3 Å². The van der Waals surface area contributed by atoms with Crippen molar-refractivity contribution in [2.24, 2.45) is 0 Å². The average molecular weight is 464 g/mol. The molecule has 1 N–H and O–H groups in total. The summed E-state index contributed by atoms with van der Waals surface area (Å²) in [5.74, 6) is 0.320. The summed E-state index contributed by atoms with van der Waals surface area (Å²) < 4.78 is 11.1. The van der Waals surface area contributed by atoms with E-state index in [1.807, 2.05) is 19.1 Å². The van der Waals surface area contributed by atoms with Crippen molar-refractivity contribution in [1.29, 1.82) is 0 Å². The van der Waals surface area contributed by atoms with Crippen molar-refractivity contribution >= 4 is 39.8 Å². The number of rotatable bonds is 8. The predicted molar refractivity (Wildman–Crippen MR) is 126 cm³/mol. The summed E-state index contributed by atoms with van der Waals surface area (Å²) in [5.41, 5.74) is 2.59. The van der Waals surface area contributed by atoms with Crippen LogP contribution in [-0.4, -0.2) is 25.1 Å². The third-order valence-electron chi connectivity index (χ3n) is 5.35. The number of hydrogen-bond donors (Lipinski definition) is 1. The lowest BCUT2D eigenvalue weighted by Crippen LogP contribution is -2.16. The van der Waals surface area contributed by atoms with Crippen LogP contribution in [0.5, 0.6) is 5.75 Å². The fourth-order valence-corrected chi connectivity index (χ4v) is 5.33. The minimum absolute atomic E-state index is 0.115. The van der Waals surface area contributed by atoms with Gasteiger partial charge < -0.3 is 14.8 Å². The summed E-state index contributed by atoms with van der Waals surface area (Å²) in [6.07, 6.45) is 7.27. The normalized spacial score (nSPS) is 13.6. The summed E-state index contributed by atoms with van der Waals surface area (Å²) in [7, 11) is 0. The number of ether oxygens (including phenoxy) is 2. The highest BCUT2D eigenvalue weighted by atomic mass is 35.5. The molecule has 0 saturated carbocycles. The first-order valence-corrected chi connectivity index (χ1v) is 12.2. The summed E-state index contributed by atoms with van der Waals surface area (Å²) in [6.45, 7) is 4.49. The lowest BCUT2D eigenvalue weighted by Gasteiger charge is -2.11. The number of halogens is 1. The number of carbonyl (C=O) groups is 2. The van der Waals surface area contributed by atoms with Gasteiger partial charge in [0.05, 0.1) is 18.8 Å². The monoisotopic (exact) mass is 463 g/mol. The maximum absolute atomic E-state index is 12.7. The Hall–Kier alpha value is -2.05. The minimum atomic E-state index is -0.336. The zero-order valence-electron chi connectivity index (χ0n) is 18.2. The van der Waals surface area contributed by atoms with Crippen molar-refractivity contribution in [3.63, 3.8) is 0 Å². The fraction of sp³-hybridized carbons (Fsp3) is 0.500. The number of amides is 1. The van der Waals surface area contributed by atoms with E-state index in [9.17, 15) is 9.59 Å². The smallest absolute Gasteiger partial charge is 0.341 e. The van der Waals surface area contributed by atoms with Crippen LogP contribution in [0.1, 0.15) is 71.8 Å². The summed E-state index contributed by atoms with van der Waals surface area (Å²) in [4.78, 5) is 26.5. The number of benzene rings is 1. The van der Waals surface area contributed by atoms with E-state index in [0.29, 0.717) is 41.6 Å². The highest BCUT2D eigenvalue weighted by Gasteiger charge is 2.26. The topological polar surface area (TPSA) is 64.6 Å². The molecule has 1 aromatic heterocycles. The Bertz CT molecular complexity index is 925. The van der Waals surface area contributed by atoms with Crippen LogP contribution in [0.15, 0.2) is 18.2 Å². The second-order valence-corrected chi connectivity index (χ2v) is 9.29. The molecule has 1 amide bonds. The molecule has 0 unspecified atom stereocenters. The van der Waals surface area contributed by atoms with Gasteiger partial charge in [-0.3, -0.25) is 4.79 Å². The average Bonchev–Trinajstić information content (AvgIpc) is 3.02. The van der Waals surface area contributed by atoms with E-state index in [0.717, 1.165) is 42.6 Å². The first kappa shape index (κ1) is 23.6. The minimum Gasteiger partial charge on any atom is -0.493 e. The highest BCUT2D eigenvalue weighted by molar-refractivity contribution is 7.17. The maximum Gasteiger partial charge on any atom is 0.341 e. The molecule has 1 aromatic carbocycles. The Morgan fingerprint density at radius 2 is 1.94 bits per heavy atom. The van der Waals surface area contributed by atoms with E-state index >= 15 is 0 Å². The van der Waals surface area contributed by atoms with Crippen LogP contribution in [0.2, 0.25) is 5.02 Å². The quantitative estimate of drug-likeness (QED) is 0.366. The number of anilines is 1. The highest BCUT2D eigenvalue weighted by Crippen LogP contribution is 2.37. The second kappa shape index (κ2) is 11.5. The zero-order chi connectivity index (χ0) is 22.2. The number of hydrogen-bond acceptors (Lipinski definition) is 5. The van der Waals surface area contributed by atoms with Crippen LogP contribution < -0.4 is 10.1 Å². The standard InChI is InChI=1S/C24H30ClNO4S/c1-3-29-24(28)22-18-9-6-4-5-7-10-20(18)31-23(22)26-21(27)11-8-14-30-19-13-12-17(25)15-16(19)2/h12-13,15H,3-11,14H2,1-2H3,(H,26,27). The largest absolute Gasteiger partial charge is 0.493 e. The summed E-state index contributed by atoms with van der Waals surface area (Å²) in [6, 6.07) is 5.48. The van der Waals surface area contributed by atoms with Crippen LogP contribution in [0.4, 0.5) is 5.00 Å². The first-order chi connectivity index (χ1) is 15.0. The van der Waals surface area contributed by atoms with E-state index in [4.69, 9.17) is 21.1 Å². The Kier molecular flexibility index (Phi) is 8.79. The Morgan fingerprint density at radius 3 is 2.68 bits per heavy atom. The molecule has 1 aliphatic carbocycles.